The molecule has 2 nitrogen and oxygen atoms in total. The first-order valence-corrected chi connectivity index (χ1v) is 3.68. The zero-order chi connectivity index (χ0) is 8.97. The summed E-state index contributed by atoms with van der Waals surface area (Å²) >= 11 is 0. The largest absolute Gasteiger partial charge is 0.272 e. The monoisotopic (exact) mass is 172 g/mol. The topological polar surface area (TPSA) is 17.8 Å². The highest BCUT2D eigenvalue weighted by atomic mass is 19.3. The van der Waals surface area contributed by atoms with Crippen molar-refractivity contribution in [1.82, 2.24) is 9.78 Å². The molecule has 0 fully saturated rings. The van der Waals surface area contributed by atoms with E-state index in [-0.39, 0.29) is 5.57 Å². The Labute approximate surface area is 69.5 Å². The first-order valence-electron chi connectivity index (χ1n) is 3.68. The number of allylic oxidation sites excluding steroid dienone is 1. The van der Waals surface area contributed by atoms with E-state index in [0.717, 1.165) is 0 Å². The van der Waals surface area contributed by atoms with Gasteiger partial charge >= 0.3 is 0 Å². The van der Waals surface area contributed by atoms with Crippen molar-refractivity contribution in [2.24, 2.45) is 0 Å². The summed E-state index contributed by atoms with van der Waals surface area (Å²) in [6.45, 7) is 1.94. The lowest BCUT2D eigenvalue weighted by atomic mass is 10.2. The van der Waals surface area contributed by atoms with Gasteiger partial charge in [-0.1, -0.05) is 0 Å². The Morgan fingerprint density at radius 1 is 1.50 bits per heavy atom. The van der Waals surface area contributed by atoms with Crippen LogP contribution in [0.1, 0.15) is 13.3 Å². The molecule has 0 saturated carbocycles. The smallest absolute Gasteiger partial charge is 0.269 e. The van der Waals surface area contributed by atoms with Crippen LogP contribution in [0.25, 0.3) is 0 Å². The molecule has 66 valence electrons. The van der Waals surface area contributed by atoms with Crippen molar-refractivity contribution in [3.05, 3.63) is 30.1 Å². The van der Waals surface area contributed by atoms with Gasteiger partial charge in [-0.2, -0.15) is 13.9 Å². The van der Waals surface area contributed by atoms with Gasteiger partial charge in [0.2, 0.25) is 0 Å². The second-order valence-electron chi connectivity index (χ2n) is 2.56. The van der Waals surface area contributed by atoms with E-state index in [4.69, 9.17) is 0 Å². The predicted molar refractivity (Wildman–Crippen MR) is 41.8 cm³/mol. The van der Waals surface area contributed by atoms with Crippen molar-refractivity contribution < 1.29 is 8.78 Å². The molecule has 1 rings (SSSR count). The third-order valence-electron chi connectivity index (χ3n) is 1.60. The van der Waals surface area contributed by atoms with Crippen LogP contribution in [0.4, 0.5) is 8.78 Å². The molecule has 0 spiro atoms. The third-order valence-corrected chi connectivity index (χ3v) is 1.60. The molecular formula is C8H10F2N2. The normalized spacial score (nSPS) is 9.92. The predicted octanol–water partition coefficient (Wildman–Crippen LogP) is 2.44. The number of rotatable bonds is 3. The van der Waals surface area contributed by atoms with Crippen molar-refractivity contribution in [2.45, 2.75) is 19.9 Å². The first-order chi connectivity index (χ1) is 5.70. The minimum Gasteiger partial charge on any atom is -0.272 e. The Morgan fingerprint density at radius 3 is 2.75 bits per heavy atom. The van der Waals surface area contributed by atoms with E-state index in [1.165, 1.54) is 6.92 Å². The number of aryl methyl sites for hydroxylation is 1. The number of aromatic nitrogens is 2. The fourth-order valence-electron chi connectivity index (χ4n) is 0.809. The van der Waals surface area contributed by atoms with Gasteiger partial charge in [-0.15, -0.1) is 0 Å². The summed E-state index contributed by atoms with van der Waals surface area (Å²) in [5.74, 6) is 0. The minimum atomic E-state index is -1.58. The SMILES string of the molecule is CC(CCn1cccn1)=C(F)F. The molecule has 0 aliphatic carbocycles. The molecule has 12 heavy (non-hydrogen) atoms. The van der Waals surface area contributed by atoms with E-state index < -0.39 is 6.08 Å². The number of halogens is 2. The van der Waals surface area contributed by atoms with Crippen LogP contribution in [0.2, 0.25) is 0 Å². The van der Waals surface area contributed by atoms with Gasteiger partial charge in [-0.25, -0.2) is 0 Å². The molecule has 4 heteroatoms. The van der Waals surface area contributed by atoms with E-state index in [0.29, 0.717) is 13.0 Å². The molecule has 0 saturated heterocycles. The lowest BCUT2D eigenvalue weighted by Gasteiger charge is -2.00. The van der Waals surface area contributed by atoms with Crippen molar-refractivity contribution >= 4 is 0 Å². The van der Waals surface area contributed by atoms with E-state index in [2.05, 4.69) is 5.10 Å². The average Bonchev–Trinajstić information content (AvgIpc) is 2.51. The van der Waals surface area contributed by atoms with E-state index in [1.807, 2.05) is 0 Å². The van der Waals surface area contributed by atoms with Crippen LogP contribution >= 0.6 is 0 Å². The lowest BCUT2D eigenvalue weighted by Crippen LogP contribution is -1.98. The molecule has 0 aliphatic rings. The maximum Gasteiger partial charge on any atom is 0.269 e. The Bertz CT molecular complexity index is 261. The second-order valence-corrected chi connectivity index (χ2v) is 2.56. The van der Waals surface area contributed by atoms with Gasteiger partial charge in [0.05, 0.1) is 0 Å². The maximum absolute atomic E-state index is 11.9. The van der Waals surface area contributed by atoms with Gasteiger partial charge in [0.15, 0.2) is 0 Å². The summed E-state index contributed by atoms with van der Waals surface area (Å²) in [6, 6.07) is 1.77. The molecule has 0 aliphatic heterocycles. The molecule has 0 bridgehead atoms. The Hall–Kier alpha value is -1.19. The molecule has 0 N–H and O–H groups in total. The lowest BCUT2D eigenvalue weighted by molar-refractivity contribution is 0.404. The van der Waals surface area contributed by atoms with Crippen molar-refractivity contribution in [3.63, 3.8) is 0 Å². The first kappa shape index (κ1) is 8.90. The average molecular weight is 172 g/mol. The summed E-state index contributed by atoms with van der Waals surface area (Å²) < 4.78 is 25.4. The minimum absolute atomic E-state index is 0.130. The summed E-state index contributed by atoms with van der Waals surface area (Å²) in [7, 11) is 0. The van der Waals surface area contributed by atoms with E-state index in [9.17, 15) is 8.78 Å². The summed E-state index contributed by atoms with van der Waals surface area (Å²) in [5.41, 5.74) is 0.130. The van der Waals surface area contributed by atoms with Crippen LogP contribution < -0.4 is 0 Å². The Balaban J connectivity index is 2.42. The van der Waals surface area contributed by atoms with Gasteiger partial charge in [-0.05, 0) is 25.0 Å². The Kier molecular flexibility index (Phi) is 2.96. The van der Waals surface area contributed by atoms with E-state index in [1.54, 1.807) is 23.1 Å². The second kappa shape index (κ2) is 3.99. The maximum atomic E-state index is 11.9. The van der Waals surface area contributed by atoms with Crippen LogP contribution in [0.5, 0.6) is 0 Å². The molecule has 1 aromatic rings. The van der Waals surface area contributed by atoms with Gasteiger partial charge in [0.1, 0.15) is 0 Å². The quantitative estimate of drug-likeness (QED) is 0.684. The molecule has 1 aromatic heterocycles. The van der Waals surface area contributed by atoms with Gasteiger partial charge in [0.25, 0.3) is 6.08 Å². The van der Waals surface area contributed by atoms with Crippen LogP contribution in [-0.4, -0.2) is 9.78 Å². The number of hydrogen-bond acceptors (Lipinski definition) is 1. The third kappa shape index (κ3) is 2.45. The standard InChI is InChI=1S/C8H10F2N2/c1-7(8(9)10)3-6-12-5-2-4-11-12/h2,4-5H,3,6H2,1H3. The summed E-state index contributed by atoms with van der Waals surface area (Å²) in [5, 5.41) is 3.90. The molecule has 0 atom stereocenters. The number of nitrogens with zero attached hydrogens (tertiary/aromatic N) is 2. The fraction of sp³-hybridized carbons (Fsp3) is 0.375. The molecule has 0 radical (unpaired) electrons. The Morgan fingerprint density at radius 2 is 2.25 bits per heavy atom. The molecule has 0 amide bonds. The van der Waals surface area contributed by atoms with Gasteiger partial charge < -0.3 is 0 Å². The van der Waals surface area contributed by atoms with Crippen molar-refractivity contribution in [2.75, 3.05) is 0 Å². The van der Waals surface area contributed by atoms with Gasteiger partial charge in [-0.3, -0.25) is 4.68 Å². The highest BCUT2D eigenvalue weighted by Gasteiger charge is 1.99. The zero-order valence-electron chi connectivity index (χ0n) is 6.80. The molecule has 0 aromatic carbocycles. The van der Waals surface area contributed by atoms with E-state index >= 15 is 0 Å². The van der Waals surface area contributed by atoms with Crippen LogP contribution in [0.3, 0.4) is 0 Å². The zero-order valence-corrected chi connectivity index (χ0v) is 6.80. The molecular weight excluding hydrogens is 162 g/mol. The van der Waals surface area contributed by atoms with Crippen LogP contribution in [0.15, 0.2) is 30.1 Å². The van der Waals surface area contributed by atoms with Crippen molar-refractivity contribution in [1.29, 1.82) is 0 Å². The molecule has 0 unspecified atom stereocenters. The molecule has 1 heterocycles. The summed E-state index contributed by atoms with van der Waals surface area (Å²) in [4.78, 5) is 0. The highest BCUT2D eigenvalue weighted by molar-refractivity contribution is 4.97. The highest BCUT2D eigenvalue weighted by Crippen LogP contribution is 2.11. The van der Waals surface area contributed by atoms with Gasteiger partial charge in [0, 0.05) is 18.9 Å². The van der Waals surface area contributed by atoms with Crippen LogP contribution in [0, 0.1) is 0 Å². The van der Waals surface area contributed by atoms with Crippen LogP contribution in [-0.2, 0) is 6.54 Å². The number of hydrogen-bond donors (Lipinski definition) is 0. The summed E-state index contributed by atoms with van der Waals surface area (Å²) in [6.07, 6.45) is 2.15. The fourth-order valence-corrected chi connectivity index (χ4v) is 0.809. The van der Waals surface area contributed by atoms with Crippen molar-refractivity contribution in [3.8, 4) is 0 Å².